The topological polar surface area (TPSA) is 150 Å². The lowest BCUT2D eigenvalue weighted by Crippen LogP contribution is -2.42. The summed E-state index contributed by atoms with van der Waals surface area (Å²) in [5.74, 6) is -1.00. The highest BCUT2D eigenvalue weighted by Crippen LogP contribution is 2.27. The zero-order chi connectivity index (χ0) is 40.6. The predicted molar refractivity (Wildman–Crippen MR) is 217 cm³/mol. The summed E-state index contributed by atoms with van der Waals surface area (Å²) in [4.78, 5) is 51.4. The summed E-state index contributed by atoms with van der Waals surface area (Å²) in [6.07, 6.45) is 24.5. The molecule has 1 aliphatic heterocycles. The Hall–Kier alpha value is -2.54. The van der Waals surface area contributed by atoms with Crippen LogP contribution in [0.5, 0.6) is 0 Å². The van der Waals surface area contributed by atoms with Gasteiger partial charge in [-0.2, -0.15) is 0 Å². The third kappa shape index (κ3) is 24.1. The molecular formula is C42H79N3O9. The molecule has 12 heteroatoms. The van der Waals surface area contributed by atoms with E-state index in [4.69, 9.17) is 24.4 Å². The zero-order valence-corrected chi connectivity index (χ0v) is 35.2. The standard InChI is InChI=1S/C26H45N3O5.C15H30O3.CH4O/c1-5-7-9-11-13-21(14-12-10-8-6-2)34-25(31)20-29-23(30)17-18-28(26(29)32)24-16-15-22(33-24)19-27(3)4;1-3-5-7-9-11-14(18-15(17)13-16)12-10-8-6-4-2;1-2/h17-18,21-22,24H,5-16,19-20H2,1-4H3;14,16H,3-13H2,1-2H3;2H,1H3. The Balaban J connectivity index is 0.00000119. The third-order valence-corrected chi connectivity index (χ3v) is 9.59. The molecular weight excluding hydrogens is 690 g/mol. The summed E-state index contributed by atoms with van der Waals surface area (Å²) < 4.78 is 19.5. The normalized spacial score (nSPS) is 15.2. The van der Waals surface area contributed by atoms with E-state index in [1.54, 1.807) is 0 Å². The summed E-state index contributed by atoms with van der Waals surface area (Å²) in [6, 6.07) is 1.32. The Labute approximate surface area is 326 Å². The first-order valence-corrected chi connectivity index (χ1v) is 21.2. The maximum absolute atomic E-state index is 13.0. The van der Waals surface area contributed by atoms with E-state index in [1.807, 2.05) is 19.0 Å². The van der Waals surface area contributed by atoms with Crippen molar-refractivity contribution in [3.05, 3.63) is 33.1 Å². The predicted octanol–water partition coefficient (Wildman–Crippen LogP) is 7.54. The number of unbranched alkanes of at least 4 members (excludes halogenated alkanes) is 12. The number of aliphatic hydroxyl groups excluding tert-OH is 2. The fourth-order valence-corrected chi connectivity index (χ4v) is 6.62. The molecule has 0 radical (unpaired) electrons. The molecule has 54 heavy (non-hydrogen) atoms. The first-order valence-electron chi connectivity index (χ1n) is 21.2. The van der Waals surface area contributed by atoms with Gasteiger partial charge in [0.05, 0.1) is 6.10 Å². The number of esters is 2. The number of aliphatic hydroxyl groups is 2. The molecule has 2 atom stereocenters. The van der Waals surface area contributed by atoms with Crippen LogP contribution in [0.2, 0.25) is 0 Å². The molecule has 1 aromatic heterocycles. The lowest BCUT2D eigenvalue weighted by Gasteiger charge is -2.20. The highest BCUT2D eigenvalue weighted by molar-refractivity contribution is 5.70. The van der Waals surface area contributed by atoms with Crippen LogP contribution < -0.4 is 11.2 Å². The Kier molecular flexibility index (Phi) is 32.2. The average Bonchev–Trinajstić information content (AvgIpc) is 3.61. The summed E-state index contributed by atoms with van der Waals surface area (Å²) in [5.41, 5.74) is -1.02. The second-order valence-corrected chi connectivity index (χ2v) is 14.8. The SMILES string of the molecule is CCCCCCC(CCCCCC)OC(=O)CO.CCCCCCC(CCCCCC)OC(=O)Cn1c(=O)ccn(C2CCC(CN(C)C)O2)c1=O.CO. The Morgan fingerprint density at radius 3 is 1.59 bits per heavy atom. The Morgan fingerprint density at radius 2 is 1.19 bits per heavy atom. The lowest BCUT2D eigenvalue weighted by atomic mass is 10.0. The van der Waals surface area contributed by atoms with E-state index in [0.29, 0.717) is 6.42 Å². The van der Waals surface area contributed by atoms with E-state index in [-0.39, 0.29) is 24.9 Å². The molecule has 2 unspecified atom stereocenters. The molecule has 0 aliphatic carbocycles. The van der Waals surface area contributed by atoms with Gasteiger partial charge in [0.1, 0.15) is 31.6 Å². The summed E-state index contributed by atoms with van der Waals surface area (Å²) in [6.45, 7) is 8.63. The maximum atomic E-state index is 13.0. The smallest absolute Gasteiger partial charge is 0.333 e. The van der Waals surface area contributed by atoms with Gasteiger partial charge in [0, 0.05) is 25.9 Å². The summed E-state index contributed by atoms with van der Waals surface area (Å²) in [5, 5.41) is 15.7. The van der Waals surface area contributed by atoms with Gasteiger partial charge in [0.25, 0.3) is 5.56 Å². The molecule has 1 saturated heterocycles. The third-order valence-electron chi connectivity index (χ3n) is 9.59. The average molecular weight is 770 g/mol. The Bertz CT molecular complexity index is 1160. The molecule has 316 valence electrons. The minimum absolute atomic E-state index is 0.0124. The van der Waals surface area contributed by atoms with Gasteiger partial charge in [-0.25, -0.2) is 14.2 Å². The van der Waals surface area contributed by atoms with E-state index in [9.17, 15) is 19.2 Å². The molecule has 0 bridgehead atoms. The second-order valence-electron chi connectivity index (χ2n) is 14.8. The number of ether oxygens (including phenoxy) is 3. The van der Waals surface area contributed by atoms with Crippen molar-refractivity contribution in [1.29, 1.82) is 0 Å². The number of carbonyl (C=O) groups is 2. The number of carbonyl (C=O) groups excluding carboxylic acids is 2. The van der Waals surface area contributed by atoms with Crippen molar-refractivity contribution in [3.8, 4) is 0 Å². The van der Waals surface area contributed by atoms with Gasteiger partial charge in [-0.15, -0.1) is 0 Å². The largest absolute Gasteiger partial charge is 0.461 e. The van der Waals surface area contributed by atoms with Crippen LogP contribution in [0.1, 0.15) is 175 Å². The number of hydrogen-bond donors (Lipinski definition) is 2. The molecule has 1 aliphatic rings. The molecule has 2 N–H and O–H groups in total. The first kappa shape index (κ1) is 51.5. The highest BCUT2D eigenvalue weighted by Gasteiger charge is 2.28. The second kappa shape index (κ2) is 33.8. The van der Waals surface area contributed by atoms with E-state index in [2.05, 4.69) is 27.7 Å². The van der Waals surface area contributed by atoms with Crippen LogP contribution in [-0.2, 0) is 30.3 Å². The molecule has 12 nitrogen and oxygen atoms in total. The van der Waals surface area contributed by atoms with Gasteiger partial charge in [-0.1, -0.05) is 105 Å². The minimum Gasteiger partial charge on any atom is -0.461 e. The van der Waals surface area contributed by atoms with Crippen molar-refractivity contribution in [1.82, 2.24) is 14.0 Å². The fraction of sp³-hybridized carbons (Fsp3) is 0.857. The number of nitrogens with zero attached hydrogens (tertiary/aromatic N) is 3. The van der Waals surface area contributed by atoms with Crippen molar-refractivity contribution in [3.63, 3.8) is 0 Å². The van der Waals surface area contributed by atoms with E-state index in [1.165, 1.54) is 68.2 Å². The van der Waals surface area contributed by atoms with Crippen molar-refractivity contribution in [2.24, 2.45) is 0 Å². The van der Waals surface area contributed by atoms with Crippen LogP contribution in [-0.4, -0.2) is 88.9 Å². The van der Waals surface area contributed by atoms with Crippen LogP contribution in [0, 0.1) is 0 Å². The lowest BCUT2D eigenvalue weighted by molar-refractivity contribution is -0.153. The molecule has 1 fully saturated rings. The van der Waals surface area contributed by atoms with Gasteiger partial charge < -0.3 is 29.3 Å². The Morgan fingerprint density at radius 1 is 0.741 bits per heavy atom. The van der Waals surface area contributed by atoms with Gasteiger partial charge in [-0.05, 0) is 78.3 Å². The number of likely N-dealkylation sites (N-methyl/N-ethyl adjacent to an activating group) is 1. The number of aromatic nitrogens is 2. The van der Waals surface area contributed by atoms with E-state index < -0.39 is 36.0 Å². The quantitative estimate of drug-likeness (QED) is 0.0647. The van der Waals surface area contributed by atoms with Crippen molar-refractivity contribution < 1.29 is 34.0 Å². The molecule has 0 amide bonds. The molecule has 1 aromatic rings. The maximum Gasteiger partial charge on any atom is 0.333 e. The van der Waals surface area contributed by atoms with Gasteiger partial charge in [-0.3, -0.25) is 14.2 Å². The molecule has 0 aromatic carbocycles. The van der Waals surface area contributed by atoms with Crippen molar-refractivity contribution >= 4 is 11.9 Å². The highest BCUT2D eigenvalue weighted by atomic mass is 16.6. The summed E-state index contributed by atoms with van der Waals surface area (Å²) in [7, 11) is 4.96. The number of rotatable bonds is 28. The van der Waals surface area contributed by atoms with E-state index in [0.717, 1.165) is 102 Å². The fourth-order valence-electron chi connectivity index (χ4n) is 6.62. The number of hydrogen-bond acceptors (Lipinski definition) is 10. The van der Waals surface area contributed by atoms with Crippen LogP contribution in [0.15, 0.2) is 21.9 Å². The van der Waals surface area contributed by atoms with E-state index >= 15 is 0 Å². The van der Waals surface area contributed by atoms with Crippen LogP contribution in [0.3, 0.4) is 0 Å². The van der Waals surface area contributed by atoms with Crippen LogP contribution >= 0.6 is 0 Å². The van der Waals surface area contributed by atoms with Crippen LogP contribution in [0.25, 0.3) is 0 Å². The van der Waals surface area contributed by atoms with Crippen molar-refractivity contribution in [2.75, 3.05) is 34.4 Å². The first-order chi connectivity index (χ1) is 26.1. The summed E-state index contributed by atoms with van der Waals surface area (Å²) >= 11 is 0. The molecule has 2 rings (SSSR count). The molecule has 2 heterocycles. The van der Waals surface area contributed by atoms with Crippen LogP contribution in [0.4, 0.5) is 0 Å². The van der Waals surface area contributed by atoms with Gasteiger partial charge >= 0.3 is 17.6 Å². The van der Waals surface area contributed by atoms with Gasteiger partial charge in [0.15, 0.2) is 0 Å². The van der Waals surface area contributed by atoms with Crippen molar-refractivity contribution in [2.45, 2.75) is 200 Å². The molecule has 0 spiro atoms. The van der Waals surface area contributed by atoms with Gasteiger partial charge in [0.2, 0.25) is 0 Å². The molecule has 0 saturated carbocycles. The minimum atomic E-state index is -0.526. The monoisotopic (exact) mass is 770 g/mol. The zero-order valence-electron chi connectivity index (χ0n) is 35.2.